The van der Waals surface area contributed by atoms with Gasteiger partial charge >= 0.3 is 0 Å². The zero-order chi connectivity index (χ0) is 15.2. The van der Waals surface area contributed by atoms with Gasteiger partial charge in [-0.3, -0.25) is 4.79 Å². The van der Waals surface area contributed by atoms with E-state index in [1.54, 1.807) is 0 Å². The van der Waals surface area contributed by atoms with Crippen molar-refractivity contribution in [3.05, 3.63) is 58.1 Å². The molecule has 0 unspecified atom stereocenters. The molecule has 0 saturated carbocycles. The van der Waals surface area contributed by atoms with E-state index in [1.807, 2.05) is 49.4 Å². The zero-order valence-corrected chi connectivity index (χ0v) is 13.8. The Hall–Kier alpha value is -1.81. The number of anilines is 2. The fraction of sp³-hybridized carbons (Fsp3) is 0.235. The van der Waals surface area contributed by atoms with Gasteiger partial charge in [-0.1, -0.05) is 22.9 Å². The summed E-state index contributed by atoms with van der Waals surface area (Å²) in [6, 6.07) is 13.4. The molecule has 2 rings (SSSR count). The van der Waals surface area contributed by atoms with Crippen LogP contribution in [0, 0.1) is 6.92 Å². The lowest BCUT2D eigenvalue weighted by molar-refractivity contribution is 0.102. The minimum absolute atomic E-state index is 0.102. The van der Waals surface area contributed by atoms with Crippen LogP contribution in [-0.4, -0.2) is 12.5 Å². The quantitative estimate of drug-likeness (QED) is 0.813. The molecular weight excluding hydrogens is 328 g/mol. The summed E-state index contributed by atoms with van der Waals surface area (Å²) in [5, 5.41) is 6.20. The van der Waals surface area contributed by atoms with Crippen molar-refractivity contribution in [2.75, 3.05) is 17.2 Å². The fourth-order valence-corrected chi connectivity index (χ4v) is 2.63. The Balaban J connectivity index is 2.06. The molecule has 0 atom stereocenters. The van der Waals surface area contributed by atoms with Gasteiger partial charge in [0.25, 0.3) is 5.91 Å². The maximum atomic E-state index is 12.2. The standard InChI is InChI=1S/C17H19BrN2O/c1-3-8-19-15-6-4-13(5-7-15)17(21)20-16-10-12(2)9-14(18)11-16/h4-7,9-11,19H,3,8H2,1-2H3,(H,20,21). The van der Waals surface area contributed by atoms with Crippen LogP contribution >= 0.6 is 15.9 Å². The Morgan fingerprint density at radius 3 is 2.43 bits per heavy atom. The predicted molar refractivity (Wildman–Crippen MR) is 92.1 cm³/mol. The van der Waals surface area contributed by atoms with Crippen molar-refractivity contribution in [3.63, 3.8) is 0 Å². The molecule has 0 aliphatic carbocycles. The predicted octanol–water partition coefficient (Wildman–Crippen LogP) is 4.83. The second-order valence-electron chi connectivity index (χ2n) is 4.98. The van der Waals surface area contributed by atoms with Gasteiger partial charge in [-0.05, 0) is 61.4 Å². The van der Waals surface area contributed by atoms with Gasteiger partial charge < -0.3 is 10.6 Å². The van der Waals surface area contributed by atoms with Crippen LogP contribution in [0.25, 0.3) is 0 Å². The molecule has 0 radical (unpaired) electrons. The van der Waals surface area contributed by atoms with Gasteiger partial charge in [0, 0.05) is 28.0 Å². The third kappa shape index (κ3) is 4.60. The first kappa shape index (κ1) is 15.6. The van der Waals surface area contributed by atoms with E-state index in [1.165, 1.54) is 0 Å². The molecule has 21 heavy (non-hydrogen) atoms. The highest BCUT2D eigenvalue weighted by Crippen LogP contribution is 2.20. The number of halogens is 1. The zero-order valence-electron chi connectivity index (χ0n) is 12.2. The summed E-state index contributed by atoms with van der Waals surface area (Å²) in [6.45, 7) is 5.05. The lowest BCUT2D eigenvalue weighted by Gasteiger charge is -2.08. The first-order valence-corrected chi connectivity index (χ1v) is 7.80. The second kappa shape index (κ2) is 7.27. The first-order chi connectivity index (χ1) is 10.1. The molecule has 1 amide bonds. The molecule has 0 aliphatic rings. The molecule has 0 bridgehead atoms. The van der Waals surface area contributed by atoms with Crippen LogP contribution in [0.1, 0.15) is 29.3 Å². The monoisotopic (exact) mass is 346 g/mol. The molecule has 2 aromatic rings. The Morgan fingerprint density at radius 2 is 1.81 bits per heavy atom. The summed E-state index contributed by atoms with van der Waals surface area (Å²) in [5.74, 6) is -0.102. The second-order valence-corrected chi connectivity index (χ2v) is 5.89. The Morgan fingerprint density at radius 1 is 1.10 bits per heavy atom. The lowest BCUT2D eigenvalue weighted by Crippen LogP contribution is -2.12. The van der Waals surface area contributed by atoms with E-state index in [-0.39, 0.29) is 5.91 Å². The third-order valence-corrected chi connectivity index (χ3v) is 3.48. The summed E-state index contributed by atoms with van der Waals surface area (Å²) in [4.78, 5) is 12.2. The van der Waals surface area contributed by atoms with Crippen molar-refractivity contribution in [2.24, 2.45) is 0 Å². The number of hydrogen-bond donors (Lipinski definition) is 2. The summed E-state index contributed by atoms with van der Waals surface area (Å²) in [7, 11) is 0. The molecule has 0 heterocycles. The number of amides is 1. The number of carbonyl (C=O) groups is 1. The van der Waals surface area contributed by atoms with Crippen molar-refractivity contribution < 1.29 is 4.79 Å². The average molecular weight is 347 g/mol. The minimum Gasteiger partial charge on any atom is -0.385 e. The van der Waals surface area contributed by atoms with E-state index >= 15 is 0 Å². The largest absolute Gasteiger partial charge is 0.385 e. The van der Waals surface area contributed by atoms with E-state index in [2.05, 4.69) is 33.5 Å². The van der Waals surface area contributed by atoms with Crippen molar-refractivity contribution in [1.29, 1.82) is 0 Å². The molecule has 0 aliphatic heterocycles. The summed E-state index contributed by atoms with van der Waals surface area (Å²) >= 11 is 3.43. The van der Waals surface area contributed by atoms with Crippen LogP contribution in [0.5, 0.6) is 0 Å². The molecule has 0 aromatic heterocycles. The van der Waals surface area contributed by atoms with Crippen molar-refractivity contribution in [1.82, 2.24) is 0 Å². The highest BCUT2D eigenvalue weighted by atomic mass is 79.9. The van der Waals surface area contributed by atoms with Crippen LogP contribution in [0.3, 0.4) is 0 Å². The van der Waals surface area contributed by atoms with Crippen LogP contribution in [-0.2, 0) is 0 Å². The van der Waals surface area contributed by atoms with E-state index in [4.69, 9.17) is 0 Å². The number of carbonyl (C=O) groups excluding carboxylic acids is 1. The number of nitrogens with one attached hydrogen (secondary N) is 2. The SMILES string of the molecule is CCCNc1ccc(C(=O)Nc2cc(C)cc(Br)c2)cc1. The van der Waals surface area contributed by atoms with E-state index in [9.17, 15) is 4.79 Å². The van der Waals surface area contributed by atoms with Crippen molar-refractivity contribution >= 4 is 33.2 Å². The third-order valence-electron chi connectivity index (χ3n) is 3.03. The summed E-state index contributed by atoms with van der Waals surface area (Å²) in [5.41, 5.74) is 3.57. The number of rotatable bonds is 5. The number of benzene rings is 2. The highest BCUT2D eigenvalue weighted by molar-refractivity contribution is 9.10. The molecule has 0 fully saturated rings. The van der Waals surface area contributed by atoms with Gasteiger partial charge in [0.05, 0.1) is 0 Å². The molecule has 4 heteroatoms. The Labute approximate surface area is 133 Å². The normalized spacial score (nSPS) is 10.2. The topological polar surface area (TPSA) is 41.1 Å². The number of aryl methyl sites for hydroxylation is 1. The maximum Gasteiger partial charge on any atom is 0.255 e. The van der Waals surface area contributed by atoms with E-state index in [0.717, 1.165) is 34.4 Å². The molecule has 0 saturated heterocycles. The van der Waals surface area contributed by atoms with Crippen LogP contribution < -0.4 is 10.6 Å². The van der Waals surface area contributed by atoms with Gasteiger partial charge in [0.1, 0.15) is 0 Å². The lowest BCUT2D eigenvalue weighted by atomic mass is 10.1. The highest BCUT2D eigenvalue weighted by Gasteiger charge is 2.06. The molecule has 2 N–H and O–H groups in total. The van der Waals surface area contributed by atoms with Gasteiger partial charge in [-0.2, -0.15) is 0 Å². The van der Waals surface area contributed by atoms with Gasteiger partial charge in [-0.15, -0.1) is 0 Å². The van der Waals surface area contributed by atoms with Gasteiger partial charge in [0.15, 0.2) is 0 Å². The van der Waals surface area contributed by atoms with Crippen LogP contribution in [0.4, 0.5) is 11.4 Å². The molecule has 2 aromatic carbocycles. The summed E-state index contributed by atoms with van der Waals surface area (Å²) in [6.07, 6.45) is 1.07. The van der Waals surface area contributed by atoms with Crippen molar-refractivity contribution in [2.45, 2.75) is 20.3 Å². The van der Waals surface area contributed by atoms with Crippen LogP contribution in [0.15, 0.2) is 46.9 Å². The van der Waals surface area contributed by atoms with Gasteiger partial charge in [-0.25, -0.2) is 0 Å². The Kier molecular flexibility index (Phi) is 5.39. The Bertz CT molecular complexity index is 603. The molecular formula is C17H19BrN2O. The van der Waals surface area contributed by atoms with Gasteiger partial charge in [0.2, 0.25) is 0 Å². The fourth-order valence-electron chi connectivity index (χ4n) is 2.02. The molecule has 0 spiro atoms. The number of hydrogen-bond acceptors (Lipinski definition) is 2. The molecule has 110 valence electrons. The average Bonchev–Trinajstić information content (AvgIpc) is 2.44. The summed E-state index contributed by atoms with van der Waals surface area (Å²) < 4.78 is 0.955. The van der Waals surface area contributed by atoms with E-state index < -0.39 is 0 Å². The molecule has 3 nitrogen and oxygen atoms in total. The maximum absolute atomic E-state index is 12.2. The first-order valence-electron chi connectivity index (χ1n) is 7.01. The van der Waals surface area contributed by atoms with E-state index in [0.29, 0.717) is 5.56 Å². The minimum atomic E-state index is -0.102. The van der Waals surface area contributed by atoms with Crippen molar-refractivity contribution in [3.8, 4) is 0 Å². The smallest absolute Gasteiger partial charge is 0.255 e. The van der Waals surface area contributed by atoms with Crippen LogP contribution in [0.2, 0.25) is 0 Å².